The molecule has 1 aromatic carbocycles. The number of halogens is 1. The first-order valence-corrected chi connectivity index (χ1v) is 9.92. The fourth-order valence-corrected chi connectivity index (χ4v) is 3.17. The van der Waals surface area contributed by atoms with Crippen LogP contribution in [0, 0.1) is 5.92 Å². The van der Waals surface area contributed by atoms with Gasteiger partial charge in [-0.2, -0.15) is 11.8 Å². The van der Waals surface area contributed by atoms with Gasteiger partial charge in [-0.05, 0) is 31.6 Å². The molecular weight excluding hydrogens is 433 g/mol. The third-order valence-corrected chi connectivity index (χ3v) is 4.61. The lowest BCUT2D eigenvalue weighted by Gasteiger charge is -2.31. The lowest BCUT2D eigenvalue weighted by atomic mass is 9.89. The summed E-state index contributed by atoms with van der Waals surface area (Å²) in [7, 11) is 0. The van der Waals surface area contributed by atoms with Crippen LogP contribution in [0.3, 0.4) is 0 Å². The van der Waals surface area contributed by atoms with Gasteiger partial charge in [-0.15, -0.1) is 24.0 Å². The number of nitrogens with zero attached hydrogens (tertiary/aromatic N) is 1. The Hall–Kier alpha value is -0.470. The highest BCUT2D eigenvalue weighted by Crippen LogP contribution is 2.33. The van der Waals surface area contributed by atoms with Crippen molar-refractivity contribution in [1.29, 1.82) is 0 Å². The molecule has 0 bridgehead atoms. The molecule has 1 heterocycles. The smallest absolute Gasteiger partial charge is 0.191 e. The SMILES string of the molecule is CCNC(=NCC1CCCOC1c1ccccc1)NCCSC.I. The predicted octanol–water partition coefficient (Wildman–Crippen LogP) is 3.69. The van der Waals surface area contributed by atoms with Crippen molar-refractivity contribution in [2.24, 2.45) is 10.9 Å². The zero-order valence-corrected chi connectivity index (χ0v) is 17.8. The van der Waals surface area contributed by atoms with Gasteiger partial charge in [-0.3, -0.25) is 4.99 Å². The van der Waals surface area contributed by atoms with Crippen LogP contribution in [0.4, 0.5) is 0 Å². The first-order chi connectivity index (χ1) is 11.3. The van der Waals surface area contributed by atoms with E-state index in [0.717, 1.165) is 44.4 Å². The van der Waals surface area contributed by atoms with Crippen LogP contribution in [-0.2, 0) is 4.74 Å². The van der Waals surface area contributed by atoms with Gasteiger partial charge in [0.25, 0.3) is 0 Å². The van der Waals surface area contributed by atoms with Gasteiger partial charge in [0.15, 0.2) is 5.96 Å². The van der Waals surface area contributed by atoms with Crippen LogP contribution in [0.2, 0.25) is 0 Å². The molecule has 0 aromatic heterocycles. The number of aliphatic imine (C=N–C) groups is 1. The second-order valence-corrected chi connectivity index (χ2v) is 6.73. The predicted molar refractivity (Wildman–Crippen MR) is 116 cm³/mol. The Labute approximate surface area is 167 Å². The van der Waals surface area contributed by atoms with E-state index in [1.807, 2.05) is 11.8 Å². The molecule has 0 radical (unpaired) electrons. The normalized spacial score (nSPS) is 21.0. The van der Waals surface area contributed by atoms with Crippen molar-refractivity contribution in [3.8, 4) is 0 Å². The summed E-state index contributed by atoms with van der Waals surface area (Å²) in [5, 5.41) is 6.72. The first kappa shape index (κ1) is 21.6. The van der Waals surface area contributed by atoms with E-state index in [1.165, 1.54) is 12.0 Å². The van der Waals surface area contributed by atoms with Crippen molar-refractivity contribution in [1.82, 2.24) is 10.6 Å². The van der Waals surface area contributed by atoms with Crippen molar-refractivity contribution in [3.05, 3.63) is 35.9 Å². The quantitative estimate of drug-likeness (QED) is 0.280. The number of hydrogen-bond donors (Lipinski definition) is 2. The maximum absolute atomic E-state index is 6.05. The summed E-state index contributed by atoms with van der Waals surface area (Å²) in [5.41, 5.74) is 1.27. The second kappa shape index (κ2) is 12.8. The van der Waals surface area contributed by atoms with Crippen molar-refractivity contribution < 1.29 is 4.74 Å². The Bertz CT molecular complexity index is 473. The molecule has 4 nitrogen and oxygen atoms in total. The molecule has 1 aliphatic rings. The van der Waals surface area contributed by atoms with Crippen molar-refractivity contribution >= 4 is 41.7 Å². The molecule has 0 amide bonds. The molecule has 2 N–H and O–H groups in total. The molecule has 2 rings (SSSR count). The van der Waals surface area contributed by atoms with Crippen LogP contribution < -0.4 is 10.6 Å². The van der Waals surface area contributed by atoms with E-state index in [0.29, 0.717) is 5.92 Å². The summed E-state index contributed by atoms with van der Waals surface area (Å²) in [6.07, 6.45) is 4.59. The molecule has 6 heteroatoms. The molecule has 1 aliphatic heterocycles. The Morgan fingerprint density at radius 1 is 1.29 bits per heavy atom. The fourth-order valence-electron chi connectivity index (χ4n) is 2.86. The van der Waals surface area contributed by atoms with Crippen LogP contribution in [0.5, 0.6) is 0 Å². The average Bonchev–Trinajstić information content (AvgIpc) is 2.61. The number of benzene rings is 1. The highest BCUT2D eigenvalue weighted by Gasteiger charge is 2.27. The average molecular weight is 463 g/mol. The minimum atomic E-state index is 0. The van der Waals surface area contributed by atoms with Gasteiger partial charge in [0, 0.05) is 37.9 Å². The van der Waals surface area contributed by atoms with E-state index in [-0.39, 0.29) is 30.1 Å². The maximum atomic E-state index is 6.05. The lowest BCUT2D eigenvalue weighted by Crippen LogP contribution is -2.39. The molecule has 0 saturated carbocycles. The molecule has 136 valence electrons. The molecule has 1 aromatic rings. The van der Waals surface area contributed by atoms with E-state index in [9.17, 15) is 0 Å². The minimum absolute atomic E-state index is 0. The summed E-state index contributed by atoms with van der Waals surface area (Å²) in [5.74, 6) is 2.45. The van der Waals surface area contributed by atoms with E-state index in [4.69, 9.17) is 9.73 Å². The van der Waals surface area contributed by atoms with Crippen LogP contribution in [-0.4, -0.2) is 44.2 Å². The molecule has 0 spiro atoms. The van der Waals surface area contributed by atoms with Crippen LogP contribution >= 0.6 is 35.7 Å². The molecule has 2 unspecified atom stereocenters. The zero-order valence-electron chi connectivity index (χ0n) is 14.7. The van der Waals surface area contributed by atoms with Gasteiger partial charge in [-0.25, -0.2) is 0 Å². The number of hydrogen-bond acceptors (Lipinski definition) is 3. The van der Waals surface area contributed by atoms with Crippen LogP contribution in [0.1, 0.15) is 31.4 Å². The van der Waals surface area contributed by atoms with Gasteiger partial charge in [0.1, 0.15) is 0 Å². The Balaban J connectivity index is 0.00000288. The van der Waals surface area contributed by atoms with Gasteiger partial charge >= 0.3 is 0 Å². The Morgan fingerprint density at radius 3 is 2.79 bits per heavy atom. The molecule has 1 saturated heterocycles. The molecule has 1 fully saturated rings. The maximum Gasteiger partial charge on any atom is 0.191 e. The topological polar surface area (TPSA) is 45.7 Å². The van der Waals surface area contributed by atoms with Crippen LogP contribution in [0.15, 0.2) is 35.3 Å². The summed E-state index contributed by atoms with van der Waals surface area (Å²) < 4.78 is 6.05. The number of guanidine groups is 1. The molecule has 2 atom stereocenters. The van der Waals surface area contributed by atoms with Crippen LogP contribution in [0.25, 0.3) is 0 Å². The van der Waals surface area contributed by atoms with E-state index < -0.39 is 0 Å². The largest absolute Gasteiger partial charge is 0.373 e. The summed E-state index contributed by atoms with van der Waals surface area (Å²) in [6.45, 7) is 5.58. The number of ether oxygens (including phenoxy) is 1. The highest BCUT2D eigenvalue weighted by atomic mass is 127. The minimum Gasteiger partial charge on any atom is -0.373 e. The van der Waals surface area contributed by atoms with E-state index >= 15 is 0 Å². The standard InChI is InChI=1S/C18H29N3OS.HI/c1-3-19-18(20-11-13-23-2)21-14-16-10-7-12-22-17(16)15-8-5-4-6-9-15;/h4-6,8-9,16-17H,3,7,10-14H2,1-2H3,(H2,19,20,21);1H. The fraction of sp³-hybridized carbons (Fsp3) is 0.611. The molecule has 24 heavy (non-hydrogen) atoms. The van der Waals surface area contributed by atoms with Gasteiger partial charge in [0.05, 0.1) is 6.10 Å². The number of thioether (sulfide) groups is 1. The Kier molecular flexibility index (Phi) is 11.5. The third-order valence-electron chi connectivity index (χ3n) is 4.00. The number of nitrogens with one attached hydrogen (secondary N) is 2. The second-order valence-electron chi connectivity index (χ2n) is 5.74. The number of rotatable bonds is 7. The lowest BCUT2D eigenvalue weighted by molar-refractivity contribution is -0.0250. The zero-order chi connectivity index (χ0) is 16.3. The highest BCUT2D eigenvalue weighted by molar-refractivity contribution is 14.0. The van der Waals surface area contributed by atoms with Crippen molar-refractivity contribution in [2.75, 3.05) is 38.2 Å². The van der Waals surface area contributed by atoms with Gasteiger partial charge in [0.2, 0.25) is 0 Å². The monoisotopic (exact) mass is 463 g/mol. The first-order valence-electron chi connectivity index (χ1n) is 8.52. The van der Waals surface area contributed by atoms with Gasteiger partial charge < -0.3 is 15.4 Å². The van der Waals surface area contributed by atoms with Crippen molar-refractivity contribution in [3.63, 3.8) is 0 Å². The molecular formula is C18H30IN3OS. The molecule has 0 aliphatic carbocycles. The third kappa shape index (κ3) is 7.19. The van der Waals surface area contributed by atoms with E-state index in [2.05, 4.69) is 54.1 Å². The summed E-state index contributed by atoms with van der Waals surface area (Å²) in [4.78, 5) is 4.79. The van der Waals surface area contributed by atoms with Crippen molar-refractivity contribution in [2.45, 2.75) is 25.9 Å². The van der Waals surface area contributed by atoms with E-state index in [1.54, 1.807) is 0 Å². The van der Waals surface area contributed by atoms with Gasteiger partial charge in [-0.1, -0.05) is 30.3 Å². The summed E-state index contributed by atoms with van der Waals surface area (Å²) in [6, 6.07) is 10.5. The summed E-state index contributed by atoms with van der Waals surface area (Å²) >= 11 is 1.84. The Morgan fingerprint density at radius 2 is 2.08 bits per heavy atom.